The predicted molar refractivity (Wildman–Crippen MR) is 62.1 cm³/mol. The van der Waals surface area contributed by atoms with Crippen LogP contribution in [0.2, 0.25) is 0 Å². The lowest BCUT2D eigenvalue weighted by Crippen LogP contribution is -2.31. The minimum atomic E-state index is -0.135. The van der Waals surface area contributed by atoms with Gasteiger partial charge in [-0.1, -0.05) is 0 Å². The molecule has 16 heavy (non-hydrogen) atoms. The quantitative estimate of drug-likeness (QED) is 0.612. The van der Waals surface area contributed by atoms with Crippen molar-refractivity contribution in [2.75, 3.05) is 6.61 Å². The third-order valence-corrected chi connectivity index (χ3v) is 3.22. The summed E-state index contributed by atoms with van der Waals surface area (Å²) < 4.78 is 21.9. The number of rotatable bonds is 4. The third kappa shape index (κ3) is 3.60. The summed E-state index contributed by atoms with van der Waals surface area (Å²) in [6, 6.07) is 0. The minimum absolute atomic E-state index is 0.0931. The van der Waals surface area contributed by atoms with Crippen LogP contribution in [-0.2, 0) is 18.4 Å². The molecule has 0 bridgehead atoms. The van der Waals surface area contributed by atoms with Crippen molar-refractivity contribution in [3.8, 4) is 0 Å². The van der Waals surface area contributed by atoms with Crippen molar-refractivity contribution in [1.82, 2.24) is 0 Å². The highest BCUT2D eigenvalue weighted by atomic mass is 32.1. The molecular formula is C11H20O4S. The molecule has 0 spiro atoms. The second-order valence-electron chi connectivity index (χ2n) is 4.50. The Balaban J connectivity index is 1.70. The Bertz CT molecular complexity index is 214. The van der Waals surface area contributed by atoms with Crippen LogP contribution in [0.15, 0.2) is 0 Å². The second-order valence-corrected chi connectivity index (χ2v) is 4.76. The SMILES string of the molecule is C[C@@H]1CCC[C@@H](OC2CC[C@@H](COS)O2)O1. The Morgan fingerprint density at radius 1 is 1.12 bits per heavy atom. The Labute approximate surface area is 102 Å². The van der Waals surface area contributed by atoms with E-state index in [1.165, 1.54) is 6.42 Å². The topological polar surface area (TPSA) is 36.9 Å². The van der Waals surface area contributed by atoms with Gasteiger partial charge in [-0.2, -0.15) is 0 Å². The Hall–Kier alpha value is 0.190. The molecule has 2 aliphatic rings. The van der Waals surface area contributed by atoms with Crippen LogP contribution in [0.4, 0.5) is 0 Å². The summed E-state index contributed by atoms with van der Waals surface area (Å²) in [5.41, 5.74) is 0. The highest BCUT2D eigenvalue weighted by molar-refractivity contribution is 7.75. The van der Waals surface area contributed by atoms with Crippen molar-refractivity contribution in [2.24, 2.45) is 0 Å². The first-order chi connectivity index (χ1) is 7.78. The summed E-state index contributed by atoms with van der Waals surface area (Å²) in [5.74, 6) is 0. The lowest BCUT2D eigenvalue weighted by atomic mass is 10.1. The van der Waals surface area contributed by atoms with E-state index in [4.69, 9.17) is 18.4 Å². The molecule has 4 atom stereocenters. The standard InChI is InChI=1S/C11H20O4S/c1-8-3-2-4-10(13-8)15-11-6-5-9(14-11)7-12-16/h8-11,16H,2-7H2,1H3/t8-,9+,10-,11?/m1/s1. The normalized spacial score (nSPS) is 40.1. The molecule has 94 valence electrons. The molecule has 0 aromatic heterocycles. The molecule has 0 aromatic carbocycles. The van der Waals surface area contributed by atoms with Crippen LogP contribution in [0, 0.1) is 0 Å². The van der Waals surface area contributed by atoms with Gasteiger partial charge in [0, 0.05) is 6.42 Å². The summed E-state index contributed by atoms with van der Waals surface area (Å²) in [5, 5.41) is 0. The highest BCUT2D eigenvalue weighted by Gasteiger charge is 2.30. The van der Waals surface area contributed by atoms with E-state index >= 15 is 0 Å². The fraction of sp³-hybridized carbons (Fsp3) is 1.00. The zero-order valence-corrected chi connectivity index (χ0v) is 10.5. The molecule has 0 aromatic rings. The average molecular weight is 248 g/mol. The van der Waals surface area contributed by atoms with Gasteiger partial charge in [-0.15, -0.1) is 0 Å². The summed E-state index contributed by atoms with van der Waals surface area (Å²) in [4.78, 5) is 0. The minimum Gasteiger partial charge on any atom is -0.350 e. The van der Waals surface area contributed by atoms with Crippen LogP contribution in [0.25, 0.3) is 0 Å². The van der Waals surface area contributed by atoms with E-state index in [9.17, 15) is 0 Å². The highest BCUT2D eigenvalue weighted by Crippen LogP contribution is 2.26. The van der Waals surface area contributed by atoms with Crippen molar-refractivity contribution < 1.29 is 18.4 Å². The van der Waals surface area contributed by atoms with Gasteiger partial charge in [0.15, 0.2) is 12.6 Å². The molecule has 0 aliphatic carbocycles. The van der Waals surface area contributed by atoms with Crippen molar-refractivity contribution in [2.45, 2.75) is 63.8 Å². The Morgan fingerprint density at radius 2 is 1.94 bits per heavy atom. The Morgan fingerprint density at radius 3 is 2.69 bits per heavy atom. The summed E-state index contributed by atoms with van der Waals surface area (Å²) >= 11 is 3.72. The van der Waals surface area contributed by atoms with Crippen LogP contribution in [-0.4, -0.2) is 31.4 Å². The average Bonchev–Trinajstić information content (AvgIpc) is 2.66. The van der Waals surface area contributed by atoms with Gasteiger partial charge in [-0.25, -0.2) is 0 Å². The van der Waals surface area contributed by atoms with Gasteiger partial charge < -0.3 is 18.4 Å². The second kappa shape index (κ2) is 6.21. The van der Waals surface area contributed by atoms with Crippen molar-refractivity contribution in [3.05, 3.63) is 0 Å². The maximum Gasteiger partial charge on any atom is 0.161 e. The summed E-state index contributed by atoms with van der Waals surface area (Å²) in [7, 11) is 0. The van der Waals surface area contributed by atoms with E-state index in [-0.39, 0.29) is 18.7 Å². The molecule has 0 radical (unpaired) electrons. The van der Waals surface area contributed by atoms with Crippen LogP contribution in [0.3, 0.4) is 0 Å². The molecular weight excluding hydrogens is 228 g/mol. The van der Waals surface area contributed by atoms with Crippen LogP contribution in [0.5, 0.6) is 0 Å². The largest absolute Gasteiger partial charge is 0.350 e. The first kappa shape index (κ1) is 12.6. The van der Waals surface area contributed by atoms with Crippen LogP contribution >= 0.6 is 12.9 Å². The van der Waals surface area contributed by atoms with E-state index in [0.29, 0.717) is 12.7 Å². The number of hydrogen-bond donors (Lipinski definition) is 1. The summed E-state index contributed by atoms with van der Waals surface area (Å²) in [6.07, 6.45) is 5.33. The van der Waals surface area contributed by atoms with Crippen molar-refractivity contribution in [1.29, 1.82) is 0 Å². The molecule has 2 aliphatic heterocycles. The number of ether oxygens (including phenoxy) is 3. The Kier molecular flexibility index (Phi) is 4.91. The maximum absolute atomic E-state index is 5.77. The molecule has 5 heteroatoms. The fourth-order valence-corrected chi connectivity index (χ4v) is 2.38. The van der Waals surface area contributed by atoms with Gasteiger partial charge in [-0.3, -0.25) is 0 Å². The van der Waals surface area contributed by atoms with E-state index < -0.39 is 0 Å². The lowest BCUT2D eigenvalue weighted by Gasteiger charge is -2.29. The van der Waals surface area contributed by atoms with Crippen LogP contribution < -0.4 is 0 Å². The molecule has 0 saturated carbocycles. The van der Waals surface area contributed by atoms with E-state index in [1.54, 1.807) is 0 Å². The first-order valence-corrected chi connectivity index (χ1v) is 6.37. The smallest absolute Gasteiger partial charge is 0.161 e. The zero-order valence-electron chi connectivity index (χ0n) is 9.63. The fourth-order valence-electron chi connectivity index (χ4n) is 2.22. The van der Waals surface area contributed by atoms with Crippen LogP contribution in [0.1, 0.15) is 39.0 Å². The molecule has 2 rings (SSSR count). The first-order valence-electron chi connectivity index (χ1n) is 6.00. The number of thiol groups is 1. The molecule has 2 fully saturated rings. The molecule has 0 amide bonds. The lowest BCUT2D eigenvalue weighted by molar-refractivity contribution is -0.263. The zero-order chi connectivity index (χ0) is 11.4. The summed E-state index contributed by atoms with van der Waals surface area (Å²) in [6.45, 7) is 2.60. The van der Waals surface area contributed by atoms with Gasteiger partial charge in [-0.05, 0) is 45.5 Å². The van der Waals surface area contributed by atoms with Gasteiger partial charge in [0.05, 0.1) is 18.8 Å². The monoisotopic (exact) mass is 248 g/mol. The van der Waals surface area contributed by atoms with E-state index in [2.05, 4.69) is 19.8 Å². The maximum atomic E-state index is 5.77. The van der Waals surface area contributed by atoms with Crippen molar-refractivity contribution >= 4 is 12.9 Å². The van der Waals surface area contributed by atoms with E-state index in [1.807, 2.05) is 0 Å². The van der Waals surface area contributed by atoms with Crippen molar-refractivity contribution in [3.63, 3.8) is 0 Å². The third-order valence-electron chi connectivity index (χ3n) is 3.07. The van der Waals surface area contributed by atoms with E-state index in [0.717, 1.165) is 25.7 Å². The molecule has 2 saturated heterocycles. The van der Waals surface area contributed by atoms with Gasteiger partial charge in [0.25, 0.3) is 0 Å². The molecule has 0 N–H and O–H groups in total. The molecule has 1 unspecified atom stereocenters. The van der Waals surface area contributed by atoms with Gasteiger partial charge in [0.2, 0.25) is 0 Å². The molecule has 2 heterocycles. The predicted octanol–water partition coefficient (Wildman–Crippen LogP) is 2.28. The van der Waals surface area contributed by atoms with Gasteiger partial charge >= 0.3 is 0 Å². The molecule has 4 nitrogen and oxygen atoms in total. The number of hydrogen-bond acceptors (Lipinski definition) is 5. The van der Waals surface area contributed by atoms with Gasteiger partial charge in [0.1, 0.15) is 0 Å².